The Hall–Kier alpha value is -0.790. The molecule has 0 bridgehead atoms. The van der Waals surface area contributed by atoms with Gasteiger partial charge in [0.25, 0.3) is 0 Å². The van der Waals surface area contributed by atoms with Crippen molar-refractivity contribution in [2.45, 2.75) is 13.3 Å². The van der Waals surface area contributed by atoms with Gasteiger partial charge in [-0.15, -0.1) is 11.3 Å². The summed E-state index contributed by atoms with van der Waals surface area (Å²) in [5.41, 5.74) is 2.48. The molecule has 0 saturated heterocycles. The van der Waals surface area contributed by atoms with E-state index in [4.69, 9.17) is 11.6 Å². The molecule has 0 aliphatic carbocycles. The Morgan fingerprint density at radius 2 is 2.14 bits per heavy atom. The average molecular weight is 223 g/mol. The zero-order valence-corrected chi connectivity index (χ0v) is 9.53. The number of aryl methyl sites for hydroxylation is 1. The van der Waals surface area contributed by atoms with Crippen molar-refractivity contribution in [3.63, 3.8) is 0 Å². The molecule has 0 nitrogen and oxygen atoms in total. The number of thiophene rings is 1. The number of rotatable bonds is 2. The number of halogens is 1. The van der Waals surface area contributed by atoms with Crippen molar-refractivity contribution >= 4 is 22.9 Å². The highest BCUT2D eigenvalue weighted by atomic mass is 35.5. The fourth-order valence-electron chi connectivity index (χ4n) is 1.44. The second-order valence-electron chi connectivity index (χ2n) is 3.35. The third-order valence-corrected chi connectivity index (χ3v) is 3.39. The Morgan fingerprint density at radius 3 is 2.86 bits per heavy atom. The first-order valence-corrected chi connectivity index (χ1v) is 5.79. The molecule has 1 aromatic heterocycles. The molecule has 72 valence electrons. The van der Waals surface area contributed by atoms with Crippen LogP contribution in [0.2, 0.25) is 5.02 Å². The van der Waals surface area contributed by atoms with E-state index in [9.17, 15) is 0 Å². The summed E-state index contributed by atoms with van der Waals surface area (Å²) >= 11 is 7.89. The molecule has 0 aliphatic rings. The summed E-state index contributed by atoms with van der Waals surface area (Å²) in [4.78, 5) is 1.36. The molecule has 0 aliphatic heterocycles. The zero-order valence-electron chi connectivity index (χ0n) is 7.96. The number of benzene rings is 1. The minimum atomic E-state index is 0.865. The van der Waals surface area contributed by atoms with Crippen molar-refractivity contribution < 1.29 is 0 Å². The Morgan fingerprint density at radius 1 is 1.29 bits per heavy atom. The first kappa shape index (κ1) is 9.75. The second-order valence-corrected chi connectivity index (χ2v) is 4.79. The van der Waals surface area contributed by atoms with Crippen molar-refractivity contribution in [2.24, 2.45) is 0 Å². The van der Waals surface area contributed by atoms with Gasteiger partial charge >= 0.3 is 0 Å². The summed E-state index contributed by atoms with van der Waals surface area (Å²) in [6.07, 6.45) is 0.943. The van der Waals surface area contributed by atoms with Gasteiger partial charge in [0.1, 0.15) is 0 Å². The van der Waals surface area contributed by atoms with Gasteiger partial charge in [0.05, 0.1) is 0 Å². The van der Waals surface area contributed by atoms with Crippen molar-refractivity contribution in [3.8, 4) is 0 Å². The van der Waals surface area contributed by atoms with Crippen LogP contribution in [-0.2, 0) is 6.42 Å². The van der Waals surface area contributed by atoms with Gasteiger partial charge in [0, 0.05) is 16.3 Å². The Labute approximate surface area is 93.2 Å². The van der Waals surface area contributed by atoms with Crippen molar-refractivity contribution in [3.05, 3.63) is 56.7 Å². The summed E-state index contributed by atoms with van der Waals surface area (Å²) in [5.74, 6) is 0. The maximum Gasteiger partial charge on any atom is 0.0441 e. The summed E-state index contributed by atoms with van der Waals surface area (Å²) in [6, 6.07) is 10.4. The highest BCUT2D eigenvalue weighted by Gasteiger charge is 2.02. The molecule has 2 heteroatoms. The fraction of sp³-hybridized carbons (Fsp3) is 0.167. The van der Waals surface area contributed by atoms with Gasteiger partial charge in [-0.2, -0.15) is 0 Å². The highest BCUT2D eigenvalue weighted by molar-refractivity contribution is 7.09. The van der Waals surface area contributed by atoms with Crippen LogP contribution in [0.3, 0.4) is 0 Å². The third kappa shape index (κ3) is 2.17. The smallest absolute Gasteiger partial charge is 0.0441 e. The second kappa shape index (κ2) is 4.16. The van der Waals surface area contributed by atoms with E-state index >= 15 is 0 Å². The molecule has 0 N–H and O–H groups in total. The van der Waals surface area contributed by atoms with E-state index in [2.05, 4.69) is 30.5 Å². The lowest BCUT2D eigenvalue weighted by atomic mass is 10.1. The van der Waals surface area contributed by atoms with E-state index < -0.39 is 0 Å². The first-order chi connectivity index (χ1) is 6.75. The van der Waals surface area contributed by atoms with Crippen LogP contribution in [0.4, 0.5) is 0 Å². The Balaban J connectivity index is 2.28. The van der Waals surface area contributed by atoms with E-state index in [1.165, 1.54) is 16.0 Å². The largest absolute Gasteiger partial charge is 0.149 e. The predicted octanol–water partition coefficient (Wildman–Crippen LogP) is 4.30. The zero-order chi connectivity index (χ0) is 9.97. The van der Waals surface area contributed by atoms with Crippen LogP contribution in [0.15, 0.2) is 35.7 Å². The molecule has 1 aromatic carbocycles. The summed E-state index contributed by atoms with van der Waals surface area (Å²) in [6.45, 7) is 2.09. The molecular formula is C12H11ClS. The van der Waals surface area contributed by atoms with Gasteiger partial charge in [0.15, 0.2) is 0 Å². The number of hydrogen-bond acceptors (Lipinski definition) is 1. The highest BCUT2D eigenvalue weighted by Crippen LogP contribution is 2.22. The average Bonchev–Trinajstić information content (AvgIpc) is 2.64. The molecule has 0 amide bonds. The van der Waals surface area contributed by atoms with Crippen LogP contribution in [0.1, 0.15) is 16.0 Å². The molecule has 0 unspecified atom stereocenters. The minimum absolute atomic E-state index is 0.865. The molecule has 0 spiro atoms. The van der Waals surface area contributed by atoms with E-state index in [0.29, 0.717) is 0 Å². The van der Waals surface area contributed by atoms with Gasteiger partial charge in [0.2, 0.25) is 0 Å². The van der Waals surface area contributed by atoms with Crippen LogP contribution in [0.25, 0.3) is 0 Å². The van der Waals surface area contributed by atoms with Crippen molar-refractivity contribution in [2.75, 3.05) is 0 Å². The van der Waals surface area contributed by atoms with Crippen LogP contribution in [-0.4, -0.2) is 0 Å². The molecule has 14 heavy (non-hydrogen) atoms. The Kier molecular flexibility index (Phi) is 2.90. The fourth-order valence-corrected chi connectivity index (χ4v) is 2.35. The molecule has 0 atom stereocenters. The van der Waals surface area contributed by atoms with Gasteiger partial charge < -0.3 is 0 Å². The van der Waals surface area contributed by atoms with E-state index in [1.807, 2.05) is 12.1 Å². The van der Waals surface area contributed by atoms with Crippen molar-refractivity contribution in [1.82, 2.24) is 0 Å². The van der Waals surface area contributed by atoms with Crippen molar-refractivity contribution in [1.29, 1.82) is 0 Å². The standard InChI is InChI=1S/C12H11ClS/c1-9-4-5-12(13)10(7-9)8-11-3-2-6-14-11/h2-7H,8H2,1H3. The van der Waals surface area contributed by atoms with Crippen LogP contribution in [0.5, 0.6) is 0 Å². The normalized spacial score (nSPS) is 10.4. The van der Waals surface area contributed by atoms with Crippen LogP contribution >= 0.6 is 22.9 Å². The molecule has 1 heterocycles. The maximum atomic E-state index is 6.12. The van der Waals surface area contributed by atoms with Crippen LogP contribution in [0, 0.1) is 6.92 Å². The monoisotopic (exact) mass is 222 g/mol. The molecule has 0 fully saturated rings. The SMILES string of the molecule is Cc1ccc(Cl)c(Cc2cccs2)c1. The van der Waals surface area contributed by atoms with Gasteiger partial charge in [-0.05, 0) is 30.0 Å². The molecule has 0 radical (unpaired) electrons. The van der Waals surface area contributed by atoms with Gasteiger partial charge in [-0.25, -0.2) is 0 Å². The van der Waals surface area contributed by atoms with E-state index in [-0.39, 0.29) is 0 Å². The Bertz CT molecular complexity index is 418. The lowest BCUT2D eigenvalue weighted by molar-refractivity contribution is 1.22. The summed E-state index contributed by atoms with van der Waals surface area (Å²) in [7, 11) is 0. The first-order valence-electron chi connectivity index (χ1n) is 4.53. The topological polar surface area (TPSA) is 0 Å². The van der Waals surface area contributed by atoms with E-state index in [1.54, 1.807) is 11.3 Å². The summed E-state index contributed by atoms with van der Waals surface area (Å²) in [5, 5.41) is 2.96. The maximum absolute atomic E-state index is 6.12. The lowest BCUT2D eigenvalue weighted by Crippen LogP contribution is -1.87. The minimum Gasteiger partial charge on any atom is -0.149 e. The number of hydrogen-bond donors (Lipinski definition) is 0. The molecule has 2 aromatic rings. The third-order valence-electron chi connectivity index (χ3n) is 2.15. The quantitative estimate of drug-likeness (QED) is 0.711. The van der Waals surface area contributed by atoms with E-state index in [0.717, 1.165) is 11.4 Å². The van der Waals surface area contributed by atoms with Crippen LogP contribution < -0.4 is 0 Å². The van der Waals surface area contributed by atoms with Gasteiger partial charge in [-0.3, -0.25) is 0 Å². The lowest BCUT2D eigenvalue weighted by Gasteiger charge is -2.03. The molecule has 2 rings (SSSR count). The predicted molar refractivity (Wildman–Crippen MR) is 63.3 cm³/mol. The summed E-state index contributed by atoms with van der Waals surface area (Å²) < 4.78 is 0. The molecular weight excluding hydrogens is 212 g/mol. The molecule has 0 saturated carbocycles. The van der Waals surface area contributed by atoms with Gasteiger partial charge in [-0.1, -0.05) is 35.4 Å².